The second-order valence-corrected chi connectivity index (χ2v) is 9.00. The van der Waals surface area contributed by atoms with Crippen LogP contribution in [0.25, 0.3) is 0 Å². The van der Waals surface area contributed by atoms with Gasteiger partial charge in [-0.25, -0.2) is 4.98 Å². The molecule has 3 nitrogen and oxygen atoms in total. The maximum absolute atomic E-state index is 12.2. The second-order valence-electron chi connectivity index (χ2n) is 4.19. The number of thiophene rings is 1. The first-order valence-electron chi connectivity index (χ1n) is 5.53. The average Bonchev–Trinajstić information content (AvgIpc) is 2.84. The minimum Gasteiger partial charge on any atom is -0.293 e. The fraction of sp³-hybridized carbons (Fsp3) is 0.333. The molecule has 0 aliphatic rings. The molecule has 0 N–H and O–H groups in total. The molecule has 0 bridgehead atoms. The van der Waals surface area contributed by atoms with Crippen LogP contribution in [0.15, 0.2) is 19.0 Å². The lowest BCUT2D eigenvalue weighted by Gasteiger charge is -2.13. The van der Waals surface area contributed by atoms with Crippen molar-refractivity contribution in [1.82, 2.24) is 9.88 Å². The molecule has 19 heavy (non-hydrogen) atoms. The quantitative estimate of drug-likeness (QED) is 0.670. The summed E-state index contributed by atoms with van der Waals surface area (Å²) in [5.74, 6) is 0.114. The smallest absolute Gasteiger partial charge is 0.178 e. The molecule has 0 radical (unpaired) electrons. The average molecular weight is 424 g/mol. The molecule has 2 heterocycles. The Morgan fingerprint density at radius 1 is 1.47 bits per heavy atom. The number of Topliss-reactive ketones (excluding diaryl/α,β-unsaturated/α-hetero) is 1. The molecule has 2 aromatic rings. The van der Waals surface area contributed by atoms with Crippen molar-refractivity contribution in [3.8, 4) is 0 Å². The van der Waals surface area contributed by atoms with E-state index < -0.39 is 0 Å². The highest BCUT2D eigenvalue weighted by Crippen LogP contribution is 2.32. The number of aryl methyl sites for hydroxylation is 1. The number of carbonyl (C=O) groups is 1. The van der Waals surface area contributed by atoms with Crippen LogP contribution in [0.1, 0.15) is 21.1 Å². The number of aromatic nitrogens is 1. The number of carbonyl (C=O) groups excluding carboxylic acids is 1. The van der Waals surface area contributed by atoms with Gasteiger partial charge in [-0.15, -0.1) is 22.7 Å². The molecule has 2 aromatic heterocycles. The standard InChI is InChI=1S/C12H12Br2N2OS2/c1-7-15-8(6-18-7)4-16(2)5-10(17)9-3-11(13)19-12(9)14/h3,6H,4-5H2,1-2H3. The van der Waals surface area contributed by atoms with Gasteiger partial charge < -0.3 is 0 Å². The van der Waals surface area contributed by atoms with E-state index >= 15 is 0 Å². The van der Waals surface area contributed by atoms with Crippen molar-refractivity contribution < 1.29 is 4.79 Å². The Labute approximate surface area is 136 Å². The lowest BCUT2D eigenvalue weighted by atomic mass is 10.2. The minimum absolute atomic E-state index is 0.114. The molecule has 0 amide bonds. The molecule has 0 saturated carbocycles. The van der Waals surface area contributed by atoms with Gasteiger partial charge in [0.05, 0.1) is 24.8 Å². The number of halogens is 2. The first kappa shape index (κ1) is 15.3. The summed E-state index contributed by atoms with van der Waals surface area (Å²) in [6, 6.07) is 1.86. The number of nitrogens with zero attached hydrogens (tertiary/aromatic N) is 2. The summed E-state index contributed by atoms with van der Waals surface area (Å²) in [7, 11) is 1.93. The van der Waals surface area contributed by atoms with Crippen molar-refractivity contribution in [1.29, 1.82) is 0 Å². The van der Waals surface area contributed by atoms with Gasteiger partial charge >= 0.3 is 0 Å². The molecule has 102 valence electrons. The highest BCUT2D eigenvalue weighted by Gasteiger charge is 2.16. The van der Waals surface area contributed by atoms with Gasteiger partial charge in [-0.3, -0.25) is 9.69 Å². The van der Waals surface area contributed by atoms with Crippen LogP contribution in [0.4, 0.5) is 0 Å². The van der Waals surface area contributed by atoms with E-state index in [1.54, 1.807) is 11.3 Å². The molecule has 0 aliphatic heterocycles. The van der Waals surface area contributed by atoms with E-state index in [1.165, 1.54) is 11.3 Å². The van der Waals surface area contributed by atoms with Crippen molar-refractivity contribution in [3.05, 3.63) is 35.3 Å². The predicted molar refractivity (Wildman–Crippen MR) is 87.2 cm³/mol. The first-order valence-corrected chi connectivity index (χ1v) is 8.81. The lowest BCUT2D eigenvalue weighted by molar-refractivity contribution is 0.0942. The maximum atomic E-state index is 12.2. The molecule has 7 heteroatoms. The lowest BCUT2D eigenvalue weighted by Crippen LogP contribution is -2.25. The van der Waals surface area contributed by atoms with Gasteiger partial charge in [0.1, 0.15) is 0 Å². The van der Waals surface area contributed by atoms with Gasteiger partial charge in [-0.1, -0.05) is 0 Å². The largest absolute Gasteiger partial charge is 0.293 e. The first-order chi connectivity index (χ1) is 8.95. The Hall–Kier alpha value is -0.0800. The molecule has 2 rings (SSSR count). The monoisotopic (exact) mass is 422 g/mol. The Balaban J connectivity index is 1.97. The summed E-state index contributed by atoms with van der Waals surface area (Å²) in [6.45, 7) is 3.07. The van der Waals surface area contributed by atoms with E-state index in [2.05, 4.69) is 36.8 Å². The highest BCUT2D eigenvalue weighted by molar-refractivity contribution is 9.12. The van der Waals surface area contributed by atoms with Crippen LogP contribution in [0.2, 0.25) is 0 Å². The number of ketones is 1. The summed E-state index contributed by atoms with van der Waals surface area (Å²) in [5, 5.41) is 3.09. The maximum Gasteiger partial charge on any atom is 0.178 e. The summed E-state index contributed by atoms with van der Waals surface area (Å²) < 4.78 is 1.84. The predicted octanol–water partition coefficient (Wildman–Crippen LogP) is 4.35. The minimum atomic E-state index is 0.114. The van der Waals surface area contributed by atoms with E-state index in [1.807, 2.05) is 30.3 Å². The zero-order valence-corrected chi connectivity index (χ0v) is 15.2. The molecule has 0 spiro atoms. The molecular formula is C12H12Br2N2OS2. The van der Waals surface area contributed by atoms with E-state index in [9.17, 15) is 4.79 Å². The van der Waals surface area contributed by atoms with Crippen LogP contribution in [0, 0.1) is 6.92 Å². The summed E-state index contributed by atoms with van der Waals surface area (Å²) >= 11 is 9.95. The van der Waals surface area contributed by atoms with Gasteiger partial charge in [-0.05, 0) is 51.9 Å². The third kappa shape index (κ3) is 4.19. The van der Waals surface area contributed by atoms with Crippen LogP contribution in [0.5, 0.6) is 0 Å². The molecule has 0 saturated heterocycles. The number of hydrogen-bond donors (Lipinski definition) is 0. The van der Waals surface area contributed by atoms with Crippen LogP contribution < -0.4 is 0 Å². The van der Waals surface area contributed by atoms with Crippen molar-refractivity contribution in [2.45, 2.75) is 13.5 Å². The normalized spacial score (nSPS) is 11.2. The van der Waals surface area contributed by atoms with E-state index in [0.29, 0.717) is 13.1 Å². The molecule has 0 unspecified atom stereocenters. The van der Waals surface area contributed by atoms with Crippen LogP contribution in [-0.2, 0) is 6.54 Å². The Morgan fingerprint density at radius 3 is 2.74 bits per heavy atom. The summed E-state index contributed by atoms with van der Waals surface area (Å²) in [5.41, 5.74) is 1.75. The summed E-state index contributed by atoms with van der Waals surface area (Å²) in [4.78, 5) is 18.6. The van der Waals surface area contributed by atoms with Crippen molar-refractivity contribution in [2.24, 2.45) is 0 Å². The second kappa shape index (κ2) is 6.58. The van der Waals surface area contributed by atoms with Gasteiger partial charge in [0.2, 0.25) is 0 Å². The highest BCUT2D eigenvalue weighted by atomic mass is 79.9. The molecule has 0 aliphatic carbocycles. The van der Waals surface area contributed by atoms with Gasteiger partial charge in [-0.2, -0.15) is 0 Å². The summed E-state index contributed by atoms with van der Waals surface area (Å²) in [6.07, 6.45) is 0. The van der Waals surface area contributed by atoms with Crippen molar-refractivity contribution in [3.63, 3.8) is 0 Å². The fourth-order valence-electron chi connectivity index (χ4n) is 1.67. The van der Waals surface area contributed by atoms with Crippen molar-refractivity contribution in [2.75, 3.05) is 13.6 Å². The Kier molecular flexibility index (Phi) is 5.30. The molecule has 0 fully saturated rings. The number of rotatable bonds is 5. The van der Waals surface area contributed by atoms with Gasteiger partial charge in [0, 0.05) is 17.5 Å². The van der Waals surface area contributed by atoms with Crippen LogP contribution in [0.3, 0.4) is 0 Å². The Bertz CT molecular complexity index is 594. The van der Waals surface area contributed by atoms with E-state index in [4.69, 9.17) is 0 Å². The number of hydrogen-bond acceptors (Lipinski definition) is 5. The fourth-order valence-corrected chi connectivity index (χ4v) is 5.13. The zero-order chi connectivity index (χ0) is 14.0. The third-order valence-corrected chi connectivity index (χ3v) is 5.63. The zero-order valence-electron chi connectivity index (χ0n) is 10.4. The van der Waals surface area contributed by atoms with Crippen LogP contribution in [-0.4, -0.2) is 29.3 Å². The molecule has 0 atom stereocenters. The number of likely N-dealkylation sites (N-methyl/N-ethyl adjacent to an activating group) is 1. The molecule has 0 aromatic carbocycles. The van der Waals surface area contributed by atoms with Crippen molar-refractivity contribution >= 4 is 60.3 Å². The third-order valence-electron chi connectivity index (χ3n) is 2.47. The SMILES string of the molecule is Cc1nc(CN(C)CC(=O)c2cc(Br)sc2Br)cs1. The Morgan fingerprint density at radius 2 is 2.21 bits per heavy atom. The topological polar surface area (TPSA) is 33.2 Å². The number of thiazole rings is 1. The van der Waals surface area contributed by atoms with E-state index in [0.717, 1.165) is 23.8 Å². The van der Waals surface area contributed by atoms with Crippen LogP contribution >= 0.6 is 54.5 Å². The molecular weight excluding hydrogens is 412 g/mol. The van der Waals surface area contributed by atoms with E-state index in [-0.39, 0.29) is 5.78 Å². The van der Waals surface area contributed by atoms with Gasteiger partial charge in [0.25, 0.3) is 0 Å². The van der Waals surface area contributed by atoms with Gasteiger partial charge in [0.15, 0.2) is 5.78 Å².